The molecule has 0 fully saturated rings. The molecule has 1 aromatic rings. The number of ether oxygens (including phenoxy) is 1. The second-order valence-electron chi connectivity index (χ2n) is 4.65. The molecule has 0 saturated heterocycles. The molecule has 1 atom stereocenters. The molecule has 0 radical (unpaired) electrons. The summed E-state index contributed by atoms with van der Waals surface area (Å²) >= 11 is 3.13. The van der Waals surface area contributed by atoms with Crippen LogP contribution < -0.4 is 10.1 Å². The van der Waals surface area contributed by atoms with Crippen molar-refractivity contribution in [2.75, 3.05) is 19.0 Å². The van der Waals surface area contributed by atoms with Gasteiger partial charge in [-0.2, -0.15) is 4.31 Å². The third-order valence-corrected chi connectivity index (χ3v) is 6.11. The molecule has 2 rings (SSSR count). The predicted octanol–water partition coefficient (Wildman–Crippen LogP) is 0.874. The summed E-state index contributed by atoms with van der Waals surface area (Å²) in [4.78, 5) is 22.1. The Kier molecular flexibility index (Phi) is 4.45. The molecule has 0 aliphatic carbocycles. The molecule has 1 aliphatic rings. The van der Waals surface area contributed by atoms with E-state index in [9.17, 15) is 18.0 Å². The number of halogens is 1. The van der Waals surface area contributed by atoms with Gasteiger partial charge in [-0.05, 0) is 28.9 Å². The van der Waals surface area contributed by atoms with Gasteiger partial charge in [-0.1, -0.05) is 0 Å². The van der Waals surface area contributed by atoms with E-state index in [4.69, 9.17) is 9.84 Å². The molecule has 10 heteroatoms. The minimum absolute atomic E-state index is 0.141. The zero-order chi connectivity index (χ0) is 16.7. The molecule has 0 spiro atoms. The summed E-state index contributed by atoms with van der Waals surface area (Å²) in [7, 11) is -2.86. The van der Waals surface area contributed by atoms with Crippen molar-refractivity contribution in [3.8, 4) is 5.75 Å². The van der Waals surface area contributed by atoms with Gasteiger partial charge in [0.25, 0.3) is 5.91 Å². The van der Waals surface area contributed by atoms with Crippen molar-refractivity contribution < 1.29 is 27.9 Å². The molecule has 0 saturated carbocycles. The highest BCUT2D eigenvalue weighted by atomic mass is 79.9. The average molecular weight is 393 g/mol. The number of hydrogen-bond acceptors (Lipinski definition) is 5. The fourth-order valence-electron chi connectivity index (χ4n) is 1.80. The summed E-state index contributed by atoms with van der Waals surface area (Å²) in [6.07, 6.45) is 0. The number of nitrogens with zero attached hydrogens (tertiary/aromatic N) is 1. The number of fused-ring (bicyclic) bond motifs is 1. The molecule has 1 unspecified atom stereocenters. The van der Waals surface area contributed by atoms with Gasteiger partial charge in [0.1, 0.15) is 16.7 Å². The van der Waals surface area contributed by atoms with Crippen molar-refractivity contribution in [1.29, 1.82) is 0 Å². The van der Waals surface area contributed by atoms with E-state index in [1.165, 1.54) is 26.1 Å². The van der Waals surface area contributed by atoms with Crippen LogP contribution in [0.1, 0.15) is 6.92 Å². The average Bonchev–Trinajstić information content (AvgIpc) is 2.44. The summed E-state index contributed by atoms with van der Waals surface area (Å²) in [5.41, 5.74) is 0.344. The van der Waals surface area contributed by atoms with Crippen LogP contribution in [0.3, 0.4) is 0 Å². The number of rotatable bonds is 4. The predicted molar refractivity (Wildman–Crippen MR) is 80.3 cm³/mol. The van der Waals surface area contributed by atoms with Gasteiger partial charge in [0.15, 0.2) is 6.61 Å². The molecule has 2 N–H and O–H groups in total. The smallest absolute Gasteiger partial charge is 0.321 e. The van der Waals surface area contributed by atoms with Gasteiger partial charge in [-0.25, -0.2) is 8.42 Å². The number of aliphatic carboxylic acids is 1. The number of anilines is 1. The van der Waals surface area contributed by atoms with Crippen molar-refractivity contribution in [1.82, 2.24) is 4.31 Å². The summed E-state index contributed by atoms with van der Waals surface area (Å²) < 4.78 is 31.2. The van der Waals surface area contributed by atoms with E-state index >= 15 is 0 Å². The number of hydrogen-bond donors (Lipinski definition) is 2. The third kappa shape index (κ3) is 2.94. The van der Waals surface area contributed by atoms with E-state index in [0.717, 1.165) is 4.31 Å². The van der Waals surface area contributed by atoms with Crippen LogP contribution in [0.5, 0.6) is 5.75 Å². The molecule has 0 bridgehead atoms. The number of benzene rings is 1. The maximum absolute atomic E-state index is 12.5. The summed E-state index contributed by atoms with van der Waals surface area (Å²) in [5.74, 6) is -1.40. The Morgan fingerprint density at radius 3 is 2.73 bits per heavy atom. The number of carbonyl (C=O) groups is 2. The van der Waals surface area contributed by atoms with Gasteiger partial charge < -0.3 is 15.2 Å². The number of carboxylic acid groups (broad SMARTS) is 1. The highest BCUT2D eigenvalue weighted by Crippen LogP contribution is 2.37. The van der Waals surface area contributed by atoms with Crippen LogP contribution in [-0.2, 0) is 19.6 Å². The number of likely N-dealkylation sites (N-methyl/N-ethyl adjacent to an activating group) is 1. The highest BCUT2D eigenvalue weighted by Gasteiger charge is 2.32. The monoisotopic (exact) mass is 392 g/mol. The Balaban J connectivity index is 2.48. The molecular weight excluding hydrogens is 380 g/mol. The highest BCUT2D eigenvalue weighted by molar-refractivity contribution is 9.10. The summed E-state index contributed by atoms with van der Waals surface area (Å²) in [5, 5.41) is 11.5. The fourth-order valence-corrected chi connectivity index (χ4v) is 4.13. The van der Waals surface area contributed by atoms with E-state index < -0.39 is 22.0 Å². The summed E-state index contributed by atoms with van der Waals surface area (Å²) in [6.45, 7) is 1.05. The normalized spacial score (nSPS) is 15.7. The molecular formula is C12H13BrN2O6S. The maximum Gasteiger partial charge on any atom is 0.321 e. The Bertz CT molecular complexity index is 748. The summed E-state index contributed by atoms with van der Waals surface area (Å²) in [6, 6.07) is 1.42. The second-order valence-corrected chi connectivity index (χ2v) is 7.47. The Morgan fingerprint density at radius 1 is 1.50 bits per heavy atom. The van der Waals surface area contributed by atoms with Crippen LogP contribution in [0.25, 0.3) is 0 Å². The van der Waals surface area contributed by atoms with Gasteiger partial charge in [0.2, 0.25) is 10.0 Å². The zero-order valence-electron chi connectivity index (χ0n) is 11.7. The molecule has 22 heavy (non-hydrogen) atoms. The SMILES string of the molecule is CC(C(=O)O)N(C)S(=O)(=O)c1cc2c(cc1Br)NC(=O)CO2. The first-order chi connectivity index (χ1) is 10.1. The van der Waals surface area contributed by atoms with Crippen molar-refractivity contribution in [2.45, 2.75) is 17.9 Å². The Hall–Kier alpha value is -1.65. The lowest BCUT2D eigenvalue weighted by Gasteiger charge is -2.24. The minimum atomic E-state index is -4.05. The van der Waals surface area contributed by atoms with Gasteiger partial charge in [-0.15, -0.1) is 0 Å². The van der Waals surface area contributed by atoms with Crippen LogP contribution in [0.15, 0.2) is 21.5 Å². The topological polar surface area (TPSA) is 113 Å². The molecule has 1 heterocycles. The number of amides is 1. The van der Waals surface area contributed by atoms with E-state index in [-0.39, 0.29) is 27.6 Å². The van der Waals surface area contributed by atoms with Gasteiger partial charge in [0.05, 0.1) is 5.69 Å². The van der Waals surface area contributed by atoms with E-state index in [2.05, 4.69) is 21.2 Å². The Morgan fingerprint density at radius 2 is 2.14 bits per heavy atom. The molecule has 8 nitrogen and oxygen atoms in total. The standard InChI is InChI=1S/C12H13BrN2O6S/c1-6(12(17)18)15(2)22(19,20)10-4-9-8(3-7(10)13)14-11(16)5-21-9/h3-4,6H,5H2,1-2H3,(H,14,16)(H,17,18). The van der Waals surface area contributed by atoms with Crippen LogP contribution >= 0.6 is 15.9 Å². The number of carboxylic acids is 1. The first-order valence-corrected chi connectivity index (χ1v) is 8.35. The van der Waals surface area contributed by atoms with Crippen molar-refractivity contribution in [2.24, 2.45) is 0 Å². The van der Waals surface area contributed by atoms with Crippen molar-refractivity contribution in [3.63, 3.8) is 0 Å². The van der Waals surface area contributed by atoms with Gasteiger partial charge in [0, 0.05) is 17.6 Å². The first-order valence-electron chi connectivity index (χ1n) is 6.11. The molecule has 0 aromatic heterocycles. The second kappa shape index (κ2) is 5.86. The third-order valence-electron chi connectivity index (χ3n) is 3.23. The Labute approximate surface area is 135 Å². The van der Waals surface area contributed by atoms with E-state index in [1.54, 1.807) is 0 Å². The van der Waals surface area contributed by atoms with Gasteiger partial charge >= 0.3 is 5.97 Å². The lowest BCUT2D eigenvalue weighted by atomic mass is 10.2. The van der Waals surface area contributed by atoms with Crippen LogP contribution in [0.2, 0.25) is 0 Å². The fraction of sp³-hybridized carbons (Fsp3) is 0.333. The molecule has 1 amide bonds. The molecule has 1 aliphatic heterocycles. The van der Waals surface area contributed by atoms with Crippen molar-refractivity contribution in [3.05, 3.63) is 16.6 Å². The van der Waals surface area contributed by atoms with Gasteiger partial charge in [-0.3, -0.25) is 9.59 Å². The zero-order valence-corrected chi connectivity index (χ0v) is 14.1. The van der Waals surface area contributed by atoms with Crippen LogP contribution in [-0.4, -0.2) is 49.4 Å². The largest absolute Gasteiger partial charge is 0.482 e. The number of carbonyl (C=O) groups excluding carboxylic acids is 1. The molecule has 1 aromatic carbocycles. The first kappa shape index (κ1) is 16.7. The lowest BCUT2D eigenvalue weighted by Crippen LogP contribution is -2.40. The van der Waals surface area contributed by atoms with Crippen molar-refractivity contribution >= 4 is 43.5 Å². The van der Waals surface area contributed by atoms with Crippen LogP contribution in [0, 0.1) is 0 Å². The van der Waals surface area contributed by atoms with Crippen LogP contribution in [0.4, 0.5) is 5.69 Å². The van der Waals surface area contributed by atoms with E-state index in [0.29, 0.717) is 5.69 Å². The number of nitrogens with one attached hydrogen (secondary N) is 1. The quantitative estimate of drug-likeness (QED) is 0.785. The maximum atomic E-state index is 12.5. The van der Waals surface area contributed by atoms with E-state index in [1.807, 2.05) is 0 Å². The number of sulfonamides is 1. The molecule has 120 valence electrons. The minimum Gasteiger partial charge on any atom is -0.482 e. The lowest BCUT2D eigenvalue weighted by molar-refractivity contribution is -0.140.